The van der Waals surface area contributed by atoms with Crippen molar-refractivity contribution in [1.29, 1.82) is 0 Å². The lowest BCUT2D eigenvalue weighted by atomic mass is 10.2. The van der Waals surface area contributed by atoms with Crippen LogP contribution in [0.3, 0.4) is 0 Å². The quantitative estimate of drug-likeness (QED) is 0.636. The van der Waals surface area contributed by atoms with Crippen molar-refractivity contribution in [1.82, 2.24) is 5.32 Å². The Morgan fingerprint density at radius 1 is 1.27 bits per heavy atom. The Balaban J connectivity index is 3.15. The molecule has 1 N–H and O–H groups in total. The number of rotatable bonds is 6. The van der Waals surface area contributed by atoms with Crippen molar-refractivity contribution in [2.45, 2.75) is 33.3 Å². The van der Waals surface area contributed by atoms with Crippen molar-refractivity contribution >= 4 is 0 Å². The fourth-order valence-corrected chi connectivity index (χ4v) is 0.788. The third-order valence-corrected chi connectivity index (χ3v) is 1.51. The lowest BCUT2D eigenvalue weighted by molar-refractivity contribution is 0.0430. The maximum atomic E-state index is 5.57. The predicted molar refractivity (Wildman–Crippen MR) is 48.8 cm³/mol. The van der Waals surface area contributed by atoms with Crippen LogP contribution in [0.25, 0.3) is 0 Å². The highest BCUT2D eigenvalue weighted by molar-refractivity contribution is 4.52. The molecule has 0 aromatic carbocycles. The summed E-state index contributed by atoms with van der Waals surface area (Å²) in [6, 6.07) is 0. The topological polar surface area (TPSA) is 21.3 Å². The number of hydrogen-bond acceptors (Lipinski definition) is 2. The monoisotopic (exact) mass is 159 g/mol. The molecule has 0 saturated carbocycles. The molecule has 0 aliphatic heterocycles. The van der Waals surface area contributed by atoms with Gasteiger partial charge in [0.2, 0.25) is 0 Å². The van der Waals surface area contributed by atoms with Crippen molar-refractivity contribution in [2.75, 3.05) is 20.2 Å². The largest absolute Gasteiger partial charge is 0.378 e. The van der Waals surface area contributed by atoms with Crippen molar-refractivity contribution < 1.29 is 4.74 Å². The molecule has 0 amide bonds. The Morgan fingerprint density at radius 3 is 2.36 bits per heavy atom. The average Bonchev–Trinajstić information content (AvgIpc) is 1.97. The van der Waals surface area contributed by atoms with E-state index < -0.39 is 0 Å². The lowest BCUT2D eigenvalue weighted by Crippen LogP contribution is -2.18. The van der Waals surface area contributed by atoms with E-state index in [2.05, 4.69) is 26.1 Å². The van der Waals surface area contributed by atoms with Gasteiger partial charge < -0.3 is 10.1 Å². The highest BCUT2D eigenvalue weighted by Crippen LogP contribution is 2.00. The molecule has 0 rings (SSSR count). The molecule has 0 fully saturated rings. The fourth-order valence-electron chi connectivity index (χ4n) is 0.788. The van der Waals surface area contributed by atoms with Gasteiger partial charge in [-0.05, 0) is 32.9 Å². The molecule has 68 valence electrons. The van der Waals surface area contributed by atoms with Gasteiger partial charge in [-0.15, -0.1) is 0 Å². The van der Waals surface area contributed by atoms with E-state index in [0.29, 0.717) is 12.0 Å². The first kappa shape index (κ1) is 10.9. The molecule has 0 aliphatic rings. The van der Waals surface area contributed by atoms with Gasteiger partial charge in [-0.3, -0.25) is 0 Å². The molecular formula is C9H21NO. The molecule has 0 spiro atoms. The Morgan fingerprint density at radius 2 is 1.91 bits per heavy atom. The van der Waals surface area contributed by atoms with Gasteiger partial charge >= 0.3 is 0 Å². The zero-order valence-corrected chi connectivity index (χ0v) is 8.18. The van der Waals surface area contributed by atoms with Crippen LogP contribution < -0.4 is 5.32 Å². The van der Waals surface area contributed by atoms with Gasteiger partial charge in [-0.25, -0.2) is 0 Å². The summed E-state index contributed by atoms with van der Waals surface area (Å²) in [5.74, 6) is 0.645. The molecule has 0 bridgehead atoms. The fraction of sp³-hybridized carbons (Fsp3) is 1.00. The van der Waals surface area contributed by atoms with E-state index in [0.717, 1.165) is 19.6 Å². The van der Waals surface area contributed by atoms with E-state index in [-0.39, 0.29) is 0 Å². The molecule has 2 nitrogen and oxygen atoms in total. The Bertz CT molecular complexity index is 83.6. The maximum Gasteiger partial charge on any atom is 0.0559 e. The van der Waals surface area contributed by atoms with Gasteiger partial charge in [0.15, 0.2) is 0 Å². The second-order valence-corrected chi connectivity index (χ2v) is 3.43. The van der Waals surface area contributed by atoms with Crippen LogP contribution in [0.1, 0.15) is 27.2 Å². The molecule has 11 heavy (non-hydrogen) atoms. The molecule has 0 saturated heterocycles. The van der Waals surface area contributed by atoms with Crippen LogP contribution in [0.4, 0.5) is 0 Å². The van der Waals surface area contributed by atoms with Gasteiger partial charge in [0.1, 0.15) is 0 Å². The second-order valence-electron chi connectivity index (χ2n) is 3.43. The van der Waals surface area contributed by atoms with Crippen LogP contribution in [0, 0.1) is 5.92 Å². The molecule has 0 radical (unpaired) electrons. The molecule has 2 heteroatoms. The van der Waals surface area contributed by atoms with Crippen LogP contribution in [-0.4, -0.2) is 26.3 Å². The molecule has 0 aliphatic carbocycles. The first-order chi connectivity index (χ1) is 5.16. The summed E-state index contributed by atoms with van der Waals surface area (Å²) in [5, 5.41) is 3.11. The molecule has 0 aromatic heterocycles. The van der Waals surface area contributed by atoms with Crippen molar-refractivity contribution in [2.24, 2.45) is 5.92 Å². The molecule has 1 unspecified atom stereocenters. The standard InChI is InChI=1S/C9H21NO/c1-8(2)7-11-9(3)5-6-10-4/h8-10H,5-7H2,1-4H3. The third kappa shape index (κ3) is 7.82. The van der Waals surface area contributed by atoms with Crippen molar-refractivity contribution in [3.05, 3.63) is 0 Å². The van der Waals surface area contributed by atoms with Gasteiger partial charge in [-0.1, -0.05) is 13.8 Å². The highest BCUT2D eigenvalue weighted by Gasteiger charge is 2.01. The maximum absolute atomic E-state index is 5.57. The van der Waals surface area contributed by atoms with E-state index in [4.69, 9.17) is 4.74 Å². The summed E-state index contributed by atoms with van der Waals surface area (Å²) in [7, 11) is 1.97. The van der Waals surface area contributed by atoms with E-state index in [1.54, 1.807) is 0 Å². The Labute approximate surface area is 70.3 Å². The van der Waals surface area contributed by atoms with E-state index in [1.807, 2.05) is 7.05 Å². The van der Waals surface area contributed by atoms with Gasteiger partial charge in [0.05, 0.1) is 6.10 Å². The summed E-state index contributed by atoms with van der Waals surface area (Å²) < 4.78 is 5.57. The lowest BCUT2D eigenvalue weighted by Gasteiger charge is -2.14. The zero-order valence-electron chi connectivity index (χ0n) is 8.18. The van der Waals surface area contributed by atoms with Crippen LogP contribution in [0.2, 0.25) is 0 Å². The summed E-state index contributed by atoms with van der Waals surface area (Å²) in [6.07, 6.45) is 1.49. The van der Waals surface area contributed by atoms with Crippen LogP contribution in [0.15, 0.2) is 0 Å². The summed E-state index contributed by atoms with van der Waals surface area (Å²) in [4.78, 5) is 0. The molecule has 0 aromatic rings. The second kappa shape index (κ2) is 6.62. The van der Waals surface area contributed by atoms with Crippen LogP contribution in [-0.2, 0) is 4.74 Å². The van der Waals surface area contributed by atoms with Crippen molar-refractivity contribution in [3.63, 3.8) is 0 Å². The van der Waals surface area contributed by atoms with Crippen LogP contribution >= 0.6 is 0 Å². The molecule has 1 atom stereocenters. The third-order valence-electron chi connectivity index (χ3n) is 1.51. The minimum Gasteiger partial charge on any atom is -0.378 e. The first-order valence-electron chi connectivity index (χ1n) is 4.43. The zero-order chi connectivity index (χ0) is 8.69. The minimum atomic E-state index is 0.393. The highest BCUT2D eigenvalue weighted by atomic mass is 16.5. The van der Waals surface area contributed by atoms with E-state index in [9.17, 15) is 0 Å². The summed E-state index contributed by atoms with van der Waals surface area (Å²) in [6.45, 7) is 8.39. The Hall–Kier alpha value is -0.0800. The van der Waals surface area contributed by atoms with Gasteiger partial charge in [0.25, 0.3) is 0 Å². The summed E-state index contributed by atoms with van der Waals surface area (Å²) >= 11 is 0. The Kier molecular flexibility index (Phi) is 6.57. The smallest absolute Gasteiger partial charge is 0.0559 e. The number of hydrogen-bond donors (Lipinski definition) is 1. The van der Waals surface area contributed by atoms with Crippen LogP contribution in [0.5, 0.6) is 0 Å². The minimum absolute atomic E-state index is 0.393. The average molecular weight is 159 g/mol. The molecule has 0 heterocycles. The predicted octanol–water partition coefficient (Wildman–Crippen LogP) is 1.66. The SMILES string of the molecule is CNCCC(C)OCC(C)C. The molecular weight excluding hydrogens is 138 g/mol. The van der Waals surface area contributed by atoms with E-state index in [1.165, 1.54) is 0 Å². The first-order valence-corrected chi connectivity index (χ1v) is 4.43. The normalized spacial score (nSPS) is 13.9. The summed E-state index contributed by atoms with van der Waals surface area (Å²) in [5.41, 5.74) is 0. The van der Waals surface area contributed by atoms with Gasteiger partial charge in [0, 0.05) is 6.61 Å². The number of nitrogens with one attached hydrogen (secondary N) is 1. The van der Waals surface area contributed by atoms with E-state index >= 15 is 0 Å². The van der Waals surface area contributed by atoms with Gasteiger partial charge in [-0.2, -0.15) is 0 Å². The number of ether oxygens (including phenoxy) is 1. The van der Waals surface area contributed by atoms with Crippen molar-refractivity contribution in [3.8, 4) is 0 Å².